The molecule has 2 rings (SSSR count). The highest BCUT2D eigenvalue weighted by Crippen LogP contribution is 2.33. The van der Waals surface area contributed by atoms with Gasteiger partial charge in [0.25, 0.3) is 0 Å². The van der Waals surface area contributed by atoms with E-state index in [1.807, 2.05) is 20.8 Å². The molecule has 1 aromatic rings. The van der Waals surface area contributed by atoms with Crippen molar-refractivity contribution >= 4 is 28.5 Å². The Morgan fingerprint density at radius 1 is 1.57 bits per heavy atom. The number of benzene rings is 1. The lowest BCUT2D eigenvalue weighted by atomic mass is 9.94. The lowest BCUT2D eigenvalue weighted by Crippen LogP contribution is -2.42. The van der Waals surface area contributed by atoms with E-state index in [0.717, 1.165) is 10.6 Å². The minimum absolute atomic E-state index is 0.128. The van der Waals surface area contributed by atoms with Crippen molar-refractivity contribution in [3.63, 3.8) is 0 Å². The average Bonchev–Trinajstić information content (AvgIpc) is 2.76. The number of nitrogens with zero attached hydrogens (tertiary/aromatic N) is 1. The number of carboxylic acids is 1. The van der Waals surface area contributed by atoms with Crippen molar-refractivity contribution in [2.45, 2.75) is 38.8 Å². The van der Waals surface area contributed by atoms with Gasteiger partial charge < -0.3 is 10.4 Å². The van der Waals surface area contributed by atoms with Gasteiger partial charge in [-0.1, -0.05) is 6.07 Å². The fourth-order valence-electron chi connectivity index (χ4n) is 2.46. The highest BCUT2D eigenvalue weighted by Gasteiger charge is 2.43. The van der Waals surface area contributed by atoms with Crippen molar-refractivity contribution in [1.82, 2.24) is 0 Å². The molecule has 0 saturated heterocycles. The molecule has 6 heteroatoms. The number of aliphatic carboxylic acids is 1. The Hall–Kier alpha value is -1.56. The molecule has 1 aromatic carbocycles. The van der Waals surface area contributed by atoms with Gasteiger partial charge >= 0.3 is 5.97 Å². The molecular weight excluding hydrogens is 291 g/mol. The Labute approximate surface area is 127 Å². The van der Waals surface area contributed by atoms with E-state index in [0.29, 0.717) is 17.9 Å². The number of aryl methyl sites for hydroxylation is 1. The van der Waals surface area contributed by atoms with Gasteiger partial charge in [-0.2, -0.15) is 0 Å². The summed E-state index contributed by atoms with van der Waals surface area (Å²) in [7, 11) is 0. The zero-order chi connectivity index (χ0) is 15.6. The average molecular weight is 310 g/mol. The molecule has 0 spiro atoms. The van der Waals surface area contributed by atoms with Gasteiger partial charge in [0.15, 0.2) is 5.54 Å². The molecule has 0 aliphatic carbocycles. The summed E-state index contributed by atoms with van der Waals surface area (Å²) < 4.78 is 13.3. The number of halogens is 1. The molecule has 1 aliphatic heterocycles. The Kier molecular flexibility index (Phi) is 4.56. The summed E-state index contributed by atoms with van der Waals surface area (Å²) in [6.07, 6.45) is 0.364. The van der Waals surface area contributed by atoms with E-state index in [1.165, 1.54) is 23.9 Å². The van der Waals surface area contributed by atoms with Crippen molar-refractivity contribution < 1.29 is 14.3 Å². The second-order valence-corrected chi connectivity index (χ2v) is 6.63. The van der Waals surface area contributed by atoms with Crippen LogP contribution in [-0.2, 0) is 4.79 Å². The molecular formula is C15H19FN2O2S. The summed E-state index contributed by atoms with van der Waals surface area (Å²) in [5, 5.41) is 13.5. The molecule has 0 bridgehead atoms. The van der Waals surface area contributed by atoms with E-state index in [9.17, 15) is 14.3 Å². The highest BCUT2D eigenvalue weighted by atomic mass is 32.2. The number of rotatable bonds is 5. The predicted molar refractivity (Wildman–Crippen MR) is 84.8 cm³/mol. The quantitative estimate of drug-likeness (QED) is 0.876. The van der Waals surface area contributed by atoms with Crippen LogP contribution in [0.5, 0.6) is 0 Å². The van der Waals surface area contributed by atoms with Gasteiger partial charge in [-0.25, -0.2) is 9.18 Å². The molecule has 114 valence electrons. The monoisotopic (exact) mass is 310 g/mol. The summed E-state index contributed by atoms with van der Waals surface area (Å²) in [4.78, 5) is 15.9. The summed E-state index contributed by atoms with van der Waals surface area (Å²) in [5.74, 6) is -0.771. The van der Waals surface area contributed by atoms with Crippen LogP contribution in [0, 0.1) is 12.7 Å². The van der Waals surface area contributed by atoms with Gasteiger partial charge in [0.05, 0.1) is 5.04 Å². The van der Waals surface area contributed by atoms with E-state index >= 15 is 0 Å². The molecule has 0 amide bonds. The number of thioether (sulfide) groups is 1. The Balaban J connectivity index is 2.12. The number of nitrogens with one attached hydrogen (secondary N) is 1. The number of hydrogen-bond donors (Lipinski definition) is 2. The first-order valence-electron chi connectivity index (χ1n) is 6.78. The minimum atomic E-state index is -1.08. The summed E-state index contributed by atoms with van der Waals surface area (Å²) in [6.45, 7) is 5.60. The second-order valence-electron chi connectivity index (χ2n) is 5.46. The zero-order valence-corrected chi connectivity index (χ0v) is 13.1. The first-order valence-corrected chi connectivity index (χ1v) is 7.76. The van der Waals surface area contributed by atoms with Crippen molar-refractivity contribution in [3.8, 4) is 0 Å². The SMILES string of the molecule is CC1=NC(CC(C)Nc2cc(F)ccc2C)(C(=O)O)CS1. The third kappa shape index (κ3) is 3.56. The largest absolute Gasteiger partial charge is 0.479 e. The molecule has 2 N–H and O–H groups in total. The number of carbonyl (C=O) groups is 1. The zero-order valence-electron chi connectivity index (χ0n) is 12.3. The van der Waals surface area contributed by atoms with E-state index in [-0.39, 0.29) is 11.9 Å². The molecule has 1 heterocycles. The maximum Gasteiger partial charge on any atom is 0.332 e. The molecule has 1 aliphatic rings. The second kappa shape index (κ2) is 6.05. The van der Waals surface area contributed by atoms with E-state index < -0.39 is 11.5 Å². The van der Waals surface area contributed by atoms with E-state index in [2.05, 4.69) is 10.3 Å². The molecule has 2 unspecified atom stereocenters. The van der Waals surface area contributed by atoms with Crippen LogP contribution in [-0.4, -0.2) is 33.5 Å². The Morgan fingerprint density at radius 2 is 2.29 bits per heavy atom. The van der Waals surface area contributed by atoms with Crippen molar-refractivity contribution in [1.29, 1.82) is 0 Å². The lowest BCUT2D eigenvalue weighted by molar-refractivity contribution is -0.142. The third-order valence-corrected chi connectivity index (χ3v) is 4.67. The number of aliphatic imine (C=N–C) groups is 1. The van der Waals surface area contributed by atoms with Crippen molar-refractivity contribution in [2.75, 3.05) is 11.1 Å². The van der Waals surface area contributed by atoms with Crippen LogP contribution < -0.4 is 5.32 Å². The fourth-order valence-corrected chi connectivity index (χ4v) is 3.46. The summed E-state index contributed by atoms with van der Waals surface area (Å²) in [6, 6.07) is 4.41. The molecule has 0 aromatic heterocycles. The van der Waals surface area contributed by atoms with Gasteiger partial charge in [0, 0.05) is 23.9 Å². The molecule has 21 heavy (non-hydrogen) atoms. The lowest BCUT2D eigenvalue weighted by Gasteiger charge is -2.26. The van der Waals surface area contributed by atoms with Gasteiger partial charge in [0.2, 0.25) is 0 Å². The van der Waals surface area contributed by atoms with E-state index in [4.69, 9.17) is 0 Å². The summed E-state index contributed by atoms with van der Waals surface area (Å²) in [5.41, 5.74) is 0.532. The van der Waals surface area contributed by atoms with Crippen molar-refractivity contribution in [2.24, 2.45) is 4.99 Å². The van der Waals surface area contributed by atoms with Crippen LogP contribution in [0.1, 0.15) is 25.8 Å². The smallest absolute Gasteiger partial charge is 0.332 e. The topological polar surface area (TPSA) is 61.7 Å². The van der Waals surface area contributed by atoms with Gasteiger partial charge in [0.1, 0.15) is 5.82 Å². The summed E-state index contributed by atoms with van der Waals surface area (Å²) >= 11 is 1.47. The molecule has 2 atom stereocenters. The normalized spacial score (nSPS) is 22.8. The predicted octanol–water partition coefficient (Wildman–Crippen LogP) is 3.31. The first kappa shape index (κ1) is 15.8. The number of hydrogen-bond acceptors (Lipinski definition) is 4. The van der Waals surface area contributed by atoms with E-state index in [1.54, 1.807) is 6.07 Å². The minimum Gasteiger partial charge on any atom is -0.479 e. The van der Waals surface area contributed by atoms with Crippen LogP contribution in [0.15, 0.2) is 23.2 Å². The van der Waals surface area contributed by atoms with Gasteiger partial charge in [-0.15, -0.1) is 11.8 Å². The Bertz CT molecular complexity index is 591. The molecule has 0 fully saturated rings. The molecule has 0 saturated carbocycles. The third-order valence-electron chi connectivity index (χ3n) is 3.53. The van der Waals surface area contributed by atoms with Crippen LogP contribution >= 0.6 is 11.8 Å². The molecule has 0 radical (unpaired) electrons. The maximum absolute atomic E-state index is 13.3. The number of carboxylic acid groups (broad SMARTS) is 1. The standard InChI is InChI=1S/C15H19FN2O2S/c1-9-4-5-12(16)6-13(9)17-10(2)7-15(14(19)20)8-21-11(3)18-15/h4-6,10,17H,7-8H2,1-3H3,(H,19,20). The maximum atomic E-state index is 13.3. The van der Waals surface area contributed by atoms with Crippen molar-refractivity contribution in [3.05, 3.63) is 29.6 Å². The van der Waals surface area contributed by atoms with Crippen LogP contribution in [0.25, 0.3) is 0 Å². The Morgan fingerprint density at radius 3 is 2.86 bits per heavy atom. The van der Waals surface area contributed by atoms with Crippen LogP contribution in [0.3, 0.4) is 0 Å². The van der Waals surface area contributed by atoms with Crippen LogP contribution in [0.4, 0.5) is 10.1 Å². The van der Waals surface area contributed by atoms with Crippen LogP contribution in [0.2, 0.25) is 0 Å². The fraction of sp³-hybridized carbons (Fsp3) is 0.467. The number of anilines is 1. The highest BCUT2D eigenvalue weighted by molar-refractivity contribution is 8.14. The first-order chi connectivity index (χ1) is 9.82. The molecule has 4 nitrogen and oxygen atoms in total. The van der Waals surface area contributed by atoms with Gasteiger partial charge in [-0.3, -0.25) is 4.99 Å². The van der Waals surface area contributed by atoms with Gasteiger partial charge in [-0.05, 0) is 38.5 Å².